The number of rotatable bonds is 4. The van der Waals surface area contributed by atoms with Crippen LogP contribution in [-0.4, -0.2) is 47.8 Å². The summed E-state index contributed by atoms with van der Waals surface area (Å²) in [7, 11) is 0. The van der Waals surface area contributed by atoms with Crippen molar-refractivity contribution in [1.82, 2.24) is 15.1 Å². The number of nitrogens with zero attached hydrogens (tertiary/aromatic N) is 3. The molecule has 3 aromatic rings. The maximum absolute atomic E-state index is 14.1. The third-order valence-electron chi connectivity index (χ3n) is 6.14. The summed E-state index contributed by atoms with van der Waals surface area (Å²) in [5.41, 5.74) is 5.46. The molecule has 6 heteroatoms. The average Bonchev–Trinajstić information content (AvgIpc) is 2.82. The Morgan fingerprint density at radius 2 is 1.59 bits per heavy atom. The van der Waals surface area contributed by atoms with Gasteiger partial charge in [0.15, 0.2) is 0 Å². The summed E-state index contributed by atoms with van der Waals surface area (Å²) in [4.78, 5) is 22.2. The quantitative estimate of drug-likeness (QED) is 0.443. The molecule has 34 heavy (non-hydrogen) atoms. The molecule has 5 nitrogen and oxygen atoms in total. The minimum atomic E-state index is -0.183. The minimum absolute atomic E-state index is 0.174. The lowest BCUT2D eigenvalue weighted by Gasteiger charge is -2.36. The van der Waals surface area contributed by atoms with Gasteiger partial charge in [-0.1, -0.05) is 53.6 Å². The van der Waals surface area contributed by atoms with Crippen LogP contribution in [-0.2, 0) is 6.54 Å². The molecular weight excluding hydrogens is 427 g/mol. The van der Waals surface area contributed by atoms with Crippen molar-refractivity contribution in [2.24, 2.45) is 4.99 Å². The fraction of sp³-hybridized carbons (Fsp3) is 0.286. The molecule has 1 fully saturated rings. The zero-order chi connectivity index (χ0) is 24.1. The van der Waals surface area contributed by atoms with E-state index in [4.69, 9.17) is 4.99 Å². The predicted octanol–water partition coefficient (Wildman–Crippen LogP) is 4.99. The smallest absolute Gasteiger partial charge is 0.257 e. The largest absolute Gasteiger partial charge is 0.340 e. The van der Waals surface area contributed by atoms with Gasteiger partial charge in [-0.2, -0.15) is 0 Å². The van der Waals surface area contributed by atoms with Gasteiger partial charge >= 0.3 is 0 Å². The van der Waals surface area contributed by atoms with E-state index in [0.717, 1.165) is 29.9 Å². The molecule has 1 N–H and O–H groups in total. The Labute approximate surface area is 200 Å². The molecule has 0 bridgehead atoms. The van der Waals surface area contributed by atoms with Gasteiger partial charge < -0.3 is 4.90 Å². The monoisotopic (exact) mass is 458 g/mol. The second-order valence-electron chi connectivity index (χ2n) is 8.90. The number of aryl methyl sites for hydroxylation is 3. The van der Waals surface area contributed by atoms with Gasteiger partial charge in [0.2, 0.25) is 5.96 Å². The Bertz CT molecular complexity index is 1180. The minimum Gasteiger partial charge on any atom is -0.340 e. The van der Waals surface area contributed by atoms with Crippen molar-refractivity contribution < 1.29 is 9.18 Å². The van der Waals surface area contributed by atoms with Crippen LogP contribution in [0.2, 0.25) is 0 Å². The molecular formula is C28H31FN4O. The number of hydrogen-bond acceptors (Lipinski definition) is 3. The van der Waals surface area contributed by atoms with Crippen LogP contribution in [0.25, 0.3) is 0 Å². The van der Waals surface area contributed by atoms with Gasteiger partial charge in [-0.05, 0) is 50.6 Å². The lowest BCUT2D eigenvalue weighted by Crippen LogP contribution is -2.53. The molecule has 0 radical (unpaired) electrons. The molecule has 0 saturated carbocycles. The number of halogens is 1. The van der Waals surface area contributed by atoms with E-state index in [1.807, 2.05) is 62.4 Å². The van der Waals surface area contributed by atoms with Gasteiger partial charge in [-0.25, -0.2) is 9.38 Å². The number of aliphatic imine (C=N–C) groups is 1. The first-order valence-corrected chi connectivity index (χ1v) is 11.6. The van der Waals surface area contributed by atoms with Crippen molar-refractivity contribution in [3.05, 3.63) is 100 Å². The number of amides is 1. The van der Waals surface area contributed by atoms with Crippen LogP contribution >= 0.6 is 0 Å². The first-order chi connectivity index (χ1) is 16.4. The van der Waals surface area contributed by atoms with Gasteiger partial charge in [0.25, 0.3) is 5.91 Å². The number of hydrogen-bond donors (Lipinski definition) is 1. The van der Waals surface area contributed by atoms with E-state index in [-0.39, 0.29) is 11.7 Å². The van der Waals surface area contributed by atoms with E-state index < -0.39 is 0 Å². The highest BCUT2D eigenvalue weighted by Gasteiger charge is 2.23. The molecule has 1 heterocycles. The van der Waals surface area contributed by atoms with E-state index in [2.05, 4.69) is 28.1 Å². The second-order valence-corrected chi connectivity index (χ2v) is 8.90. The van der Waals surface area contributed by atoms with Crippen LogP contribution in [0.15, 0.2) is 71.7 Å². The average molecular weight is 459 g/mol. The first kappa shape index (κ1) is 23.6. The maximum atomic E-state index is 14.1. The van der Waals surface area contributed by atoms with Crippen molar-refractivity contribution in [3.63, 3.8) is 0 Å². The third-order valence-corrected chi connectivity index (χ3v) is 6.14. The standard InChI is InChI=1S/C28H31FN4O/c1-20-8-11-23(12-9-20)27(34)31-28(30-26-13-10-21(2)18-22(26)3)33-16-14-32(15-17-33)19-24-6-4-5-7-25(24)29/h4-13,18H,14-17,19H2,1-3H3,(H,30,31,34). The molecule has 1 aliphatic rings. The summed E-state index contributed by atoms with van der Waals surface area (Å²) in [6, 6.07) is 20.5. The highest BCUT2D eigenvalue weighted by Crippen LogP contribution is 2.21. The van der Waals surface area contributed by atoms with Crippen LogP contribution < -0.4 is 5.32 Å². The molecule has 0 aliphatic carbocycles. The molecule has 176 valence electrons. The fourth-order valence-corrected chi connectivity index (χ4v) is 4.09. The Balaban J connectivity index is 1.52. The molecule has 0 aromatic heterocycles. The highest BCUT2D eigenvalue weighted by atomic mass is 19.1. The van der Waals surface area contributed by atoms with Gasteiger partial charge in [-0.15, -0.1) is 0 Å². The Hall–Kier alpha value is -3.51. The van der Waals surface area contributed by atoms with E-state index in [0.29, 0.717) is 36.7 Å². The zero-order valence-corrected chi connectivity index (χ0v) is 20.0. The summed E-state index contributed by atoms with van der Waals surface area (Å²) < 4.78 is 14.1. The van der Waals surface area contributed by atoms with E-state index in [9.17, 15) is 9.18 Å². The molecule has 0 spiro atoms. The van der Waals surface area contributed by atoms with Crippen molar-refractivity contribution >= 4 is 17.6 Å². The molecule has 4 rings (SSSR count). The number of benzene rings is 3. The first-order valence-electron chi connectivity index (χ1n) is 11.6. The Morgan fingerprint density at radius 3 is 2.26 bits per heavy atom. The number of piperazine rings is 1. The van der Waals surface area contributed by atoms with Crippen LogP contribution in [0.4, 0.5) is 10.1 Å². The summed E-state index contributed by atoms with van der Waals surface area (Å²) in [5, 5.41) is 3.04. The van der Waals surface area contributed by atoms with Crippen LogP contribution in [0, 0.1) is 26.6 Å². The Kier molecular flexibility index (Phi) is 7.38. The van der Waals surface area contributed by atoms with Crippen molar-refractivity contribution in [2.75, 3.05) is 26.2 Å². The van der Waals surface area contributed by atoms with Gasteiger partial charge in [0, 0.05) is 43.9 Å². The lowest BCUT2D eigenvalue weighted by molar-refractivity contribution is 0.0967. The van der Waals surface area contributed by atoms with Crippen LogP contribution in [0.5, 0.6) is 0 Å². The van der Waals surface area contributed by atoms with E-state index in [1.54, 1.807) is 6.07 Å². The van der Waals surface area contributed by atoms with E-state index >= 15 is 0 Å². The lowest BCUT2D eigenvalue weighted by atomic mass is 10.1. The predicted molar refractivity (Wildman–Crippen MR) is 135 cm³/mol. The number of guanidine groups is 1. The molecule has 1 saturated heterocycles. The topological polar surface area (TPSA) is 47.9 Å². The molecule has 1 aliphatic heterocycles. The van der Waals surface area contributed by atoms with Crippen molar-refractivity contribution in [1.29, 1.82) is 0 Å². The Morgan fingerprint density at radius 1 is 0.912 bits per heavy atom. The van der Waals surface area contributed by atoms with E-state index in [1.165, 1.54) is 11.6 Å². The van der Waals surface area contributed by atoms with Crippen LogP contribution in [0.3, 0.4) is 0 Å². The summed E-state index contributed by atoms with van der Waals surface area (Å²) in [6.07, 6.45) is 0. The summed E-state index contributed by atoms with van der Waals surface area (Å²) in [5.74, 6) is 0.188. The summed E-state index contributed by atoms with van der Waals surface area (Å²) >= 11 is 0. The number of nitrogens with one attached hydrogen (secondary N) is 1. The molecule has 3 aromatic carbocycles. The van der Waals surface area contributed by atoms with Crippen LogP contribution in [0.1, 0.15) is 32.6 Å². The molecule has 1 amide bonds. The SMILES string of the molecule is Cc1ccc(C(=O)NC(=Nc2ccc(C)cc2C)N2CCN(Cc3ccccc3F)CC2)cc1. The zero-order valence-electron chi connectivity index (χ0n) is 20.0. The third kappa shape index (κ3) is 5.88. The second kappa shape index (κ2) is 10.6. The van der Waals surface area contributed by atoms with Crippen molar-refractivity contribution in [2.45, 2.75) is 27.3 Å². The maximum Gasteiger partial charge on any atom is 0.257 e. The highest BCUT2D eigenvalue weighted by molar-refractivity contribution is 6.06. The normalized spacial score (nSPS) is 14.8. The molecule has 0 atom stereocenters. The van der Waals surface area contributed by atoms with Gasteiger partial charge in [0.05, 0.1) is 5.69 Å². The fourth-order valence-electron chi connectivity index (χ4n) is 4.09. The summed E-state index contributed by atoms with van der Waals surface area (Å²) in [6.45, 7) is 9.52. The van der Waals surface area contributed by atoms with Gasteiger partial charge in [0.1, 0.15) is 5.82 Å². The number of carbonyl (C=O) groups is 1. The number of carbonyl (C=O) groups excluding carboxylic acids is 1. The van der Waals surface area contributed by atoms with Gasteiger partial charge in [-0.3, -0.25) is 15.0 Å². The molecule has 0 unspecified atom stereocenters. The van der Waals surface area contributed by atoms with Crippen molar-refractivity contribution in [3.8, 4) is 0 Å².